The molecule has 0 heterocycles. The van der Waals surface area contributed by atoms with Crippen molar-refractivity contribution in [3.8, 4) is 5.75 Å². The van der Waals surface area contributed by atoms with Gasteiger partial charge >= 0.3 is 5.97 Å². The van der Waals surface area contributed by atoms with Crippen molar-refractivity contribution < 1.29 is 19.1 Å². The molecule has 1 amide bonds. The van der Waals surface area contributed by atoms with E-state index in [0.717, 1.165) is 27.9 Å². The van der Waals surface area contributed by atoms with E-state index in [-0.39, 0.29) is 12.5 Å². The normalized spacial score (nSPS) is 11.8. The number of aryl methyl sites for hydroxylation is 3. The number of anilines is 1. The maximum absolute atomic E-state index is 12.4. The Hall–Kier alpha value is -2.82. The molecule has 0 aliphatic rings. The number of carbonyl (C=O) groups is 2. The van der Waals surface area contributed by atoms with Gasteiger partial charge in [0, 0.05) is 5.69 Å². The fourth-order valence-electron chi connectivity index (χ4n) is 2.79. The number of benzene rings is 2. The Balaban J connectivity index is 1.92. The first kappa shape index (κ1) is 21.5. The molecule has 0 aromatic heterocycles. The predicted molar refractivity (Wildman–Crippen MR) is 111 cm³/mol. The highest BCUT2D eigenvalue weighted by molar-refractivity contribution is 5.96. The van der Waals surface area contributed by atoms with E-state index in [1.165, 1.54) is 0 Å². The molecule has 2 aromatic rings. The van der Waals surface area contributed by atoms with Gasteiger partial charge in [-0.3, -0.25) is 4.79 Å². The summed E-state index contributed by atoms with van der Waals surface area (Å²) in [4.78, 5) is 24.5. The number of esters is 1. The van der Waals surface area contributed by atoms with Crippen LogP contribution in [0.25, 0.3) is 0 Å². The zero-order valence-corrected chi connectivity index (χ0v) is 17.5. The van der Waals surface area contributed by atoms with Gasteiger partial charge in [-0.25, -0.2) is 4.79 Å². The van der Waals surface area contributed by atoms with Crippen LogP contribution in [0.2, 0.25) is 0 Å². The van der Waals surface area contributed by atoms with Crippen molar-refractivity contribution in [3.63, 3.8) is 0 Å². The van der Waals surface area contributed by atoms with Crippen LogP contribution in [0.4, 0.5) is 5.69 Å². The van der Waals surface area contributed by atoms with E-state index in [2.05, 4.69) is 19.2 Å². The molecule has 150 valence electrons. The Morgan fingerprint density at radius 2 is 1.61 bits per heavy atom. The summed E-state index contributed by atoms with van der Waals surface area (Å²) in [6.45, 7) is 11.3. The van der Waals surface area contributed by atoms with Gasteiger partial charge in [0.1, 0.15) is 5.75 Å². The van der Waals surface area contributed by atoms with Gasteiger partial charge in [-0.2, -0.15) is 0 Å². The average Bonchev–Trinajstić information content (AvgIpc) is 2.63. The zero-order valence-electron chi connectivity index (χ0n) is 17.5. The highest BCUT2D eigenvalue weighted by Crippen LogP contribution is 2.24. The van der Waals surface area contributed by atoms with E-state index in [0.29, 0.717) is 11.7 Å². The lowest BCUT2D eigenvalue weighted by atomic mass is 10.0. The molecule has 0 unspecified atom stereocenters. The third-order valence-corrected chi connectivity index (χ3v) is 4.63. The molecular formula is C23H29NO4. The zero-order chi connectivity index (χ0) is 20.8. The Morgan fingerprint density at radius 1 is 0.964 bits per heavy atom. The molecule has 5 nitrogen and oxygen atoms in total. The summed E-state index contributed by atoms with van der Waals surface area (Å²) >= 11 is 0. The number of amides is 1. The average molecular weight is 383 g/mol. The third-order valence-electron chi connectivity index (χ3n) is 4.63. The molecule has 0 spiro atoms. The van der Waals surface area contributed by atoms with Crippen LogP contribution in [0.3, 0.4) is 0 Å². The quantitative estimate of drug-likeness (QED) is 0.705. The predicted octanol–water partition coefficient (Wildman–Crippen LogP) is 4.68. The van der Waals surface area contributed by atoms with Gasteiger partial charge in [-0.1, -0.05) is 44.2 Å². The van der Waals surface area contributed by atoms with Crippen LogP contribution < -0.4 is 10.1 Å². The summed E-state index contributed by atoms with van der Waals surface area (Å²) in [5.41, 5.74) is 4.73. The van der Waals surface area contributed by atoms with Crippen molar-refractivity contribution in [3.05, 3.63) is 58.7 Å². The van der Waals surface area contributed by atoms with Crippen LogP contribution in [0.1, 0.15) is 48.9 Å². The van der Waals surface area contributed by atoms with Crippen LogP contribution >= 0.6 is 0 Å². The Morgan fingerprint density at radius 3 is 2.21 bits per heavy atom. The standard InChI is InChI=1S/C23H29NO4/c1-14(2)19-11-10-15(3)20(12-19)27-13-21(25)28-18(6)23(26)24-22-16(4)8-7-9-17(22)5/h7-12,14,18H,13H2,1-6H3,(H,24,26)/t18-/m0/s1. The van der Waals surface area contributed by atoms with Crippen molar-refractivity contribution in [2.45, 2.75) is 53.6 Å². The molecule has 2 aromatic carbocycles. The molecule has 2 rings (SSSR count). The number of rotatable bonds is 7. The summed E-state index contributed by atoms with van der Waals surface area (Å²) in [5.74, 6) is 0.0570. The first-order valence-corrected chi connectivity index (χ1v) is 9.49. The minimum Gasteiger partial charge on any atom is -0.482 e. The van der Waals surface area contributed by atoms with Gasteiger partial charge in [0.05, 0.1) is 0 Å². The number of hydrogen-bond donors (Lipinski definition) is 1. The van der Waals surface area contributed by atoms with E-state index in [9.17, 15) is 9.59 Å². The molecule has 0 bridgehead atoms. The molecule has 1 N–H and O–H groups in total. The third kappa shape index (κ3) is 5.59. The summed E-state index contributed by atoms with van der Waals surface area (Å²) in [6.07, 6.45) is -0.918. The topological polar surface area (TPSA) is 64.6 Å². The Labute approximate surface area is 167 Å². The van der Waals surface area contributed by atoms with Gasteiger partial charge in [-0.05, 0) is 61.9 Å². The lowest BCUT2D eigenvalue weighted by molar-refractivity contribution is -0.155. The first-order valence-electron chi connectivity index (χ1n) is 9.49. The number of hydrogen-bond acceptors (Lipinski definition) is 4. The summed E-state index contributed by atoms with van der Waals surface area (Å²) in [7, 11) is 0. The lowest BCUT2D eigenvalue weighted by Crippen LogP contribution is -2.32. The van der Waals surface area contributed by atoms with Crippen LogP contribution in [0, 0.1) is 20.8 Å². The summed E-state index contributed by atoms with van der Waals surface area (Å²) < 4.78 is 10.8. The van der Waals surface area contributed by atoms with E-state index in [1.807, 2.05) is 57.2 Å². The van der Waals surface area contributed by atoms with E-state index >= 15 is 0 Å². The molecule has 0 saturated carbocycles. The molecule has 0 aliphatic carbocycles. The maximum Gasteiger partial charge on any atom is 0.344 e. The first-order chi connectivity index (χ1) is 13.2. The van der Waals surface area contributed by atoms with Crippen molar-refractivity contribution >= 4 is 17.6 Å². The van der Waals surface area contributed by atoms with Crippen LogP contribution in [-0.4, -0.2) is 24.6 Å². The number of nitrogens with one attached hydrogen (secondary N) is 1. The van der Waals surface area contributed by atoms with E-state index in [1.54, 1.807) is 6.92 Å². The monoisotopic (exact) mass is 383 g/mol. The number of para-hydroxylation sites is 1. The molecule has 0 fully saturated rings. The SMILES string of the molecule is Cc1ccc(C(C)C)cc1OCC(=O)O[C@@H](C)C(=O)Nc1c(C)cccc1C. The van der Waals surface area contributed by atoms with Crippen LogP contribution in [0.15, 0.2) is 36.4 Å². The molecular weight excluding hydrogens is 354 g/mol. The summed E-state index contributed by atoms with van der Waals surface area (Å²) in [5, 5.41) is 2.83. The van der Waals surface area contributed by atoms with Crippen LogP contribution in [0.5, 0.6) is 5.75 Å². The molecule has 0 radical (unpaired) electrons. The fourth-order valence-corrected chi connectivity index (χ4v) is 2.79. The molecule has 0 saturated heterocycles. The minimum atomic E-state index is -0.918. The second kappa shape index (κ2) is 9.40. The fraction of sp³-hybridized carbons (Fsp3) is 0.391. The molecule has 0 aliphatic heterocycles. The molecule has 1 atom stereocenters. The van der Waals surface area contributed by atoms with E-state index in [4.69, 9.17) is 9.47 Å². The van der Waals surface area contributed by atoms with Gasteiger partial charge in [-0.15, -0.1) is 0 Å². The second-order valence-corrected chi connectivity index (χ2v) is 7.36. The van der Waals surface area contributed by atoms with Crippen LogP contribution in [-0.2, 0) is 14.3 Å². The number of carbonyl (C=O) groups excluding carboxylic acids is 2. The van der Waals surface area contributed by atoms with Crippen molar-refractivity contribution in [1.82, 2.24) is 0 Å². The van der Waals surface area contributed by atoms with Crippen molar-refractivity contribution in [1.29, 1.82) is 0 Å². The van der Waals surface area contributed by atoms with Gasteiger partial charge in [0.2, 0.25) is 0 Å². The molecule has 28 heavy (non-hydrogen) atoms. The van der Waals surface area contributed by atoms with Crippen molar-refractivity contribution in [2.24, 2.45) is 0 Å². The smallest absolute Gasteiger partial charge is 0.344 e. The number of ether oxygens (including phenoxy) is 2. The van der Waals surface area contributed by atoms with Gasteiger partial charge < -0.3 is 14.8 Å². The highest BCUT2D eigenvalue weighted by Gasteiger charge is 2.20. The van der Waals surface area contributed by atoms with Gasteiger partial charge in [0.15, 0.2) is 12.7 Å². The maximum atomic E-state index is 12.4. The Kier molecular flexibility index (Phi) is 7.21. The summed E-state index contributed by atoms with van der Waals surface area (Å²) in [6, 6.07) is 11.7. The molecule has 5 heteroatoms. The largest absolute Gasteiger partial charge is 0.482 e. The Bertz CT molecular complexity index is 837. The highest BCUT2D eigenvalue weighted by atomic mass is 16.6. The lowest BCUT2D eigenvalue weighted by Gasteiger charge is -2.17. The van der Waals surface area contributed by atoms with Gasteiger partial charge in [0.25, 0.3) is 5.91 Å². The minimum absolute atomic E-state index is 0.247. The second-order valence-electron chi connectivity index (χ2n) is 7.36. The van der Waals surface area contributed by atoms with Crippen molar-refractivity contribution in [2.75, 3.05) is 11.9 Å². The van der Waals surface area contributed by atoms with E-state index < -0.39 is 12.1 Å².